The molecule has 2 heterocycles. The molecule has 4 nitrogen and oxygen atoms in total. The lowest BCUT2D eigenvalue weighted by molar-refractivity contribution is -0.118. The SMILES string of the molecule is CC1C(=O)N(c2ncccn2)c2cccc(-c3ccc(F)c(Cl)c3)c21. The van der Waals surface area contributed by atoms with Gasteiger partial charge in [-0.25, -0.2) is 19.3 Å². The summed E-state index contributed by atoms with van der Waals surface area (Å²) in [6.07, 6.45) is 3.20. The van der Waals surface area contributed by atoms with E-state index in [0.29, 0.717) is 5.95 Å². The maximum atomic E-state index is 13.5. The smallest absolute Gasteiger partial charge is 0.241 e. The number of hydrogen-bond acceptors (Lipinski definition) is 3. The van der Waals surface area contributed by atoms with Gasteiger partial charge in [-0.3, -0.25) is 4.79 Å². The van der Waals surface area contributed by atoms with Crippen LogP contribution in [0.3, 0.4) is 0 Å². The number of benzene rings is 2. The molecule has 3 aromatic rings. The number of halogens is 2. The quantitative estimate of drug-likeness (QED) is 0.669. The first kappa shape index (κ1) is 15.7. The van der Waals surface area contributed by atoms with Gasteiger partial charge in [0.15, 0.2) is 0 Å². The Labute approximate surface area is 148 Å². The molecule has 1 aromatic heterocycles. The van der Waals surface area contributed by atoms with Crippen LogP contribution >= 0.6 is 11.6 Å². The summed E-state index contributed by atoms with van der Waals surface area (Å²) in [5.74, 6) is -0.588. The van der Waals surface area contributed by atoms with Crippen LogP contribution in [0.15, 0.2) is 54.9 Å². The standard InChI is InChI=1S/C19H13ClFN3O/c1-11-17-13(12-6-7-15(21)14(20)10-12)4-2-5-16(17)24(18(11)25)19-22-8-3-9-23-19/h2-11H,1H3. The van der Waals surface area contributed by atoms with Crippen molar-refractivity contribution in [1.29, 1.82) is 0 Å². The van der Waals surface area contributed by atoms with Gasteiger partial charge in [0.05, 0.1) is 16.6 Å². The number of hydrogen-bond donors (Lipinski definition) is 0. The molecule has 2 aromatic carbocycles. The van der Waals surface area contributed by atoms with Crippen LogP contribution < -0.4 is 4.90 Å². The van der Waals surface area contributed by atoms with Gasteiger partial charge < -0.3 is 0 Å². The minimum atomic E-state index is -0.471. The van der Waals surface area contributed by atoms with E-state index in [1.807, 2.05) is 25.1 Å². The molecule has 124 valence electrons. The Kier molecular flexibility index (Phi) is 3.73. The average molecular weight is 354 g/mol. The van der Waals surface area contributed by atoms with Crippen molar-refractivity contribution < 1.29 is 9.18 Å². The molecular formula is C19H13ClFN3O. The highest BCUT2D eigenvalue weighted by Gasteiger charge is 2.38. The van der Waals surface area contributed by atoms with Crippen molar-refractivity contribution in [1.82, 2.24) is 9.97 Å². The zero-order valence-electron chi connectivity index (χ0n) is 13.3. The first-order chi connectivity index (χ1) is 12.1. The lowest BCUT2D eigenvalue weighted by atomic mass is 9.92. The van der Waals surface area contributed by atoms with Crippen LogP contribution in [0.25, 0.3) is 11.1 Å². The van der Waals surface area contributed by atoms with Gasteiger partial charge in [0, 0.05) is 12.4 Å². The van der Waals surface area contributed by atoms with Crippen molar-refractivity contribution >= 4 is 29.1 Å². The molecule has 0 fully saturated rings. The van der Waals surface area contributed by atoms with Crippen LogP contribution in [0.2, 0.25) is 5.02 Å². The number of anilines is 2. The number of carbonyl (C=O) groups excluding carboxylic acids is 1. The number of fused-ring (bicyclic) bond motifs is 1. The van der Waals surface area contributed by atoms with E-state index in [1.54, 1.807) is 30.6 Å². The van der Waals surface area contributed by atoms with Gasteiger partial charge in [-0.15, -0.1) is 0 Å². The fourth-order valence-electron chi connectivity index (χ4n) is 3.17. The molecule has 0 bridgehead atoms. The van der Waals surface area contributed by atoms with Gasteiger partial charge in [0.25, 0.3) is 0 Å². The molecule has 0 aliphatic carbocycles. The van der Waals surface area contributed by atoms with Gasteiger partial charge in [-0.05, 0) is 47.9 Å². The van der Waals surface area contributed by atoms with Crippen LogP contribution in [-0.4, -0.2) is 15.9 Å². The van der Waals surface area contributed by atoms with Crippen LogP contribution in [0, 0.1) is 5.82 Å². The maximum absolute atomic E-state index is 13.5. The van der Waals surface area contributed by atoms with E-state index in [0.717, 1.165) is 22.4 Å². The minimum absolute atomic E-state index is 0.0512. The van der Waals surface area contributed by atoms with Gasteiger partial charge in [-0.2, -0.15) is 0 Å². The second-order valence-electron chi connectivity index (χ2n) is 5.81. The number of nitrogens with zero attached hydrogens (tertiary/aromatic N) is 3. The molecule has 1 amide bonds. The molecule has 6 heteroatoms. The van der Waals surface area contributed by atoms with Crippen molar-refractivity contribution in [2.75, 3.05) is 4.90 Å². The fraction of sp³-hybridized carbons (Fsp3) is 0.105. The van der Waals surface area contributed by atoms with Gasteiger partial charge in [0.2, 0.25) is 11.9 Å². The van der Waals surface area contributed by atoms with E-state index in [4.69, 9.17) is 11.6 Å². The van der Waals surface area contributed by atoms with Crippen molar-refractivity contribution in [2.45, 2.75) is 12.8 Å². The third-order valence-electron chi connectivity index (χ3n) is 4.33. The van der Waals surface area contributed by atoms with Crippen LogP contribution in [-0.2, 0) is 4.79 Å². The van der Waals surface area contributed by atoms with Crippen LogP contribution in [0.5, 0.6) is 0 Å². The summed E-state index contributed by atoms with van der Waals surface area (Å²) in [6.45, 7) is 1.85. The Morgan fingerprint density at radius 3 is 2.60 bits per heavy atom. The Morgan fingerprint density at radius 2 is 1.88 bits per heavy atom. The monoisotopic (exact) mass is 353 g/mol. The lowest BCUT2D eigenvalue weighted by Gasteiger charge is -2.15. The van der Waals surface area contributed by atoms with E-state index in [9.17, 15) is 9.18 Å². The van der Waals surface area contributed by atoms with Crippen molar-refractivity contribution in [3.63, 3.8) is 0 Å². The normalized spacial score (nSPS) is 16.2. The average Bonchev–Trinajstić information content (AvgIpc) is 2.89. The molecule has 0 saturated carbocycles. The van der Waals surface area contributed by atoms with E-state index in [2.05, 4.69) is 9.97 Å². The maximum Gasteiger partial charge on any atom is 0.241 e. The Balaban J connectivity index is 1.91. The predicted octanol–water partition coefficient (Wildman–Crippen LogP) is 4.72. The highest BCUT2D eigenvalue weighted by Crippen LogP contribution is 2.45. The number of aromatic nitrogens is 2. The fourth-order valence-corrected chi connectivity index (χ4v) is 3.35. The zero-order chi connectivity index (χ0) is 17.6. The molecule has 1 atom stereocenters. The first-order valence-corrected chi connectivity index (χ1v) is 8.15. The van der Waals surface area contributed by atoms with Gasteiger partial charge >= 0.3 is 0 Å². The summed E-state index contributed by atoms with van der Waals surface area (Å²) in [5.41, 5.74) is 3.21. The van der Waals surface area contributed by atoms with Crippen LogP contribution in [0.1, 0.15) is 18.4 Å². The molecule has 0 spiro atoms. The molecule has 1 aliphatic heterocycles. The minimum Gasteiger partial charge on any atom is -0.273 e. The largest absolute Gasteiger partial charge is 0.273 e. The molecule has 4 rings (SSSR count). The molecule has 25 heavy (non-hydrogen) atoms. The number of amides is 1. The predicted molar refractivity (Wildman–Crippen MR) is 94.4 cm³/mol. The second kappa shape index (κ2) is 5.93. The molecule has 0 saturated heterocycles. The highest BCUT2D eigenvalue weighted by molar-refractivity contribution is 6.31. The molecule has 0 radical (unpaired) electrons. The second-order valence-corrected chi connectivity index (χ2v) is 6.22. The third-order valence-corrected chi connectivity index (χ3v) is 4.62. The van der Waals surface area contributed by atoms with Crippen LogP contribution in [0.4, 0.5) is 16.0 Å². The topological polar surface area (TPSA) is 46.1 Å². The Bertz CT molecular complexity index is 978. The lowest BCUT2D eigenvalue weighted by Crippen LogP contribution is -2.24. The first-order valence-electron chi connectivity index (χ1n) is 7.77. The van der Waals surface area contributed by atoms with E-state index >= 15 is 0 Å². The zero-order valence-corrected chi connectivity index (χ0v) is 14.0. The Hall–Kier alpha value is -2.79. The summed E-state index contributed by atoms with van der Waals surface area (Å²) < 4.78 is 13.5. The third kappa shape index (κ3) is 2.48. The summed E-state index contributed by atoms with van der Waals surface area (Å²) >= 11 is 5.93. The van der Waals surface area contributed by atoms with Gasteiger partial charge in [-0.1, -0.05) is 29.8 Å². The summed E-state index contributed by atoms with van der Waals surface area (Å²) in [7, 11) is 0. The summed E-state index contributed by atoms with van der Waals surface area (Å²) in [6, 6.07) is 11.9. The highest BCUT2D eigenvalue weighted by atomic mass is 35.5. The summed E-state index contributed by atoms with van der Waals surface area (Å²) in [4.78, 5) is 22.7. The summed E-state index contributed by atoms with van der Waals surface area (Å²) in [5, 5.41) is 0.0512. The number of rotatable bonds is 2. The Morgan fingerprint density at radius 1 is 1.12 bits per heavy atom. The van der Waals surface area contributed by atoms with Crippen molar-refractivity contribution in [3.05, 3.63) is 71.3 Å². The molecule has 0 N–H and O–H groups in total. The van der Waals surface area contributed by atoms with E-state index in [-0.39, 0.29) is 16.8 Å². The number of carbonyl (C=O) groups is 1. The molecular weight excluding hydrogens is 341 g/mol. The van der Waals surface area contributed by atoms with E-state index in [1.165, 1.54) is 11.0 Å². The van der Waals surface area contributed by atoms with Gasteiger partial charge in [0.1, 0.15) is 5.82 Å². The van der Waals surface area contributed by atoms with Crippen molar-refractivity contribution in [3.8, 4) is 11.1 Å². The molecule has 1 aliphatic rings. The molecule has 1 unspecified atom stereocenters. The van der Waals surface area contributed by atoms with Crippen molar-refractivity contribution in [2.24, 2.45) is 0 Å². The van der Waals surface area contributed by atoms with E-state index < -0.39 is 5.82 Å².